The lowest BCUT2D eigenvalue weighted by Crippen LogP contribution is -2.03. The number of aromatic nitrogens is 2. The summed E-state index contributed by atoms with van der Waals surface area (Å²) in [4.78, 5) is 7.28. The Kier molecular flexibility index (Phi) is 2.37. The molecule has 0 aromatic carbocycles. The van der Waals surface area contributed by atoms with Crippen LogP contribution in [-0.2, 0) is 6.42 Å². The summed E-state index contributed by atoms with van der Waals surface area (Å²) in [6.07, 6.45) is 2.45. The highest BCUT2D eigenvalue weighted by molar-refractivity contribution is 5.55. The first kappa shape index (κ1) is 9.02. The Bertz CT molecular complexity index is 416. The predicted molar refractivity (Wildman–Crippen MR) is 53.8 cm³/mol. The molecule has 4 nitrogen and oxygen atoms in total. The first-order valence-corrected chi connectivity index (χ1v) is 4.60. The molecule has 4 heteroatoms. The molecule has 0 bridgehead atoms. The fourth-order valence-electron chi connectivity index (χ4n) is 1.43. The normalized spacial score (nSPS) is 10.7. The zero-order valence-electron chi connectivity index (χ0n) is 8.08. The van der Waals surface area contributed by atoms with Crippen molar-refractivity contribution in [3.8, 4) is 11.5 Å². The van der Waals surface area contributed by atoms with Crippen LogP contribution in [-0.4, -0.2) is 16.5 Å². The summed E-state index contributed by atoms with van der Waals surface area (Å²) in [6, 6.07) is 3.85. The van der Waals surface area contributed by atoms with Gasteiger partial charge >= 0.3 is 0 Å². The first-order valence-electron chi connectivity index (χ1n) is 4.60. The maximum atomic E-state index is 5.49. The van der Waals surface area contributed by atoms with Gasteiger partial charge in [0.2, 0.25) is 0 Å². The van der Waals surface area contributed by atoms with E-state index in [1.165, 1.54) is 0 Å². The van der Waals surface area contributed by atoms with Crippen LogP contribution in [0.1, 0.15) is 11.5 Å². The van der Waals surface area contributed by atoms with E-state index in [0.29, 0.717) is 6.54 Å². The molecule has 0 fully saturated rings. The van der Waals surface area contributed by atoms with E-state index in [2.05, 4.69) is 9.97 Å². The fraction of sp³-hybridized carbons (Fsp3) is 0.300. The third kappa shape index (κ3) is 1.56. The molecule has 0 spiro atoms. The van der Waals surface area contributed by atoms with Crippen LogP contribution >= 0.6 is 0 Å². The van der Waals surface area contributed by atoms with Crippen molar-refractivity contribution < 1.29 is 4.42 Å². The molecule has 0 saturated heterocycles. The van der Waals surface area contributed by atoms with Crippen molar-refractivity contribution in [3.05, 3.63) is 29.9 Å². The Hall–Kier alpha value is -1.55. The fourth-order valence-corrected chi connectivity index (χ4v) is 1.43. The minimum absolute atomic E-state index is 0.606. The zero-order valence-corrected chi connectivity index (χ0v) is 8.08. The second kappa shape index (κ2) is 3.67. The number of furan rings is 1. The van der Waals surface area contributed by atoms with E-state index >= 15 is 0 Å². The Morgan fingerprint density at radius 2 is 2.36 bits per heavy atom. The van der Waals surface area contributed by atoms with Gasteiger partial charge in [-0.05, 0) is 25.6 Å². The van der Waals surface area contributed by atoms with Gasteiger partial charge in [0.05, 0.1) is 6.33 Å². The quantitative estimate of drug-likeness (QED) is 0.772. The smallest absolute Gasteiger partial charge is 0.154 e. The summed E-state index contributed by atoms with van der Waals surface area (Å²) in [7, 11) is 0. The topological polar surface area (TPSA) is 67.8 Å². The lowest BCUT2D eigenvalue weighted by Gasteiger charge is -1.97. The molecule has 0 radical (unpaired) electrons. The summed E-state index contributed by atoms with van der Waals surface area (Å²) >= 11 is 0. The maximum Gasteiger partial charge on any atom is 0.154 e. The van der Waals surface area contributed by atoms with Gasteiger partial charge in [0, 0.05) is 12.1 Å². The van der Waals surface area contributed by atoms with E-state index in [1.807, 2.05) is 19.1 Å². The number of hydrogen-bond acceptors (Lipinski definition) is 3. The Balaban J connectivity index is 2.36. The minimum Gasteiger partial charge on any atom is -0.460 e. The summed E-state index contributed by atoms with van der Waals surface area (Å²) in [5.74, 6) is 1.69. The highest BCUT2D eigenvalue weighted by atomic mass is 16.3. The van der Waals surface area contributed by atoms with E-state index in [0.717, 1.165) is 29.3 Å². The molecule has 3 N–H and O–H groups in total. The number of nitrogens with one attached hydrogen (secondary N) is 1. The van der Waals surface area contributed by atoms with Gasteiger partial charge in [-0.1, -0.05) is 0 Å². The van der Waals surface area contributed by atoms with Crippen molar-refractivity contribution in [1.82, 2.24) is 9.97 Å². The summed E-state index contributed by atoms with van der Waals surface area (Å²) in [5.41, 5.74) is 7.39. The number of hydrogen-bond donors (Lipinski definition) is 2. The molecule has 0 aliphatic rings. The van der Waals surface area contributed by atoms with Gasteiger partial charge in [0.15, 0.2) is 5.76 Å². The van der Waals surface area contributed by atoms with E-state index in [1.54, 1.807) is 6.33 Å². The molecular formula is C10H13N3O. The summed E-state index contributed by atoms with van der Waals surface area (Å²) in [5, 5.41) is 0. The SMILES string of the molecule is Cc1ccc(-c2nc[nH]c2CCN)o1. The Morgan fingerprint density at radius 3 is 3.00 bits per heavy atom. The molecule has 2 heterocycles. The average Bonchev–Trinajstić information content (AvgIpc) is 2.74. The van der Waals surface area contributed by atoms with Crippen LogP contribution in [0.4, 0.5) is 0 Å². The molecule has 0 aliphatic carbocycles. The number of imidazole rings is 1. The van der Waals surface area contributed by atoms with E-state index in [9.17, 15) is 0 Å². The van der Waals surface area contributed by atoms with Crippen molar-refractivity contribution in [2.24, 2.45) is 5.73 Å². The Morgan fingerprint density at radius 1 is 1.50 bits per heavy atom. The lowest BCUT2D eigenvalue weighted by molar-refractivity contribution is 0.546. The van der Waals surface area contributed by atoms with Crippen LogP contribution in [0.5, 0.6) is 0 Å². The average molecular weight is 191 g/mol. The molecule has 14 heavy (non-hydrogen) atoms. The summed E-state index contributed by atoms with van der Waals surface area (Å²) in [6.45, 7) is 2.52. The largest absolute Gasteiger partial charge is 0.460 e. The van der Waals surface area contributed by atoms with Crippen LogP contribution in [0.2, 0.25) is 0 Å². The standard InChI is InChI=1S/C10H13N3O/c1-7-2-3-9(14-7)10-8(4-5-11)12-6-13-10/h2-3,6H,4-5,11H2,1H3,(H,12,13). The van der Waals surface area contributed by atoms with E-state index in [-0.39, 0.29) is 0 Å². The number of aromatic amines is 1. The van der Waals surface area contributed by atoms with Gasteiger partial charge in [-0.3, -0.25) is 0 Å². The molecule has 2 rings (SSSR count). The van der Waals surface area contributed by atoms with Crippen molar-refractivity contribution in [2.45, 2.75) is 13.3 Å². The van der Waals surface area contributed by atoms with Gasteiger partial charge in [0.1, 0.15) is 11.5 Å². The van der Waals surface area contributed by atoms with Crippen LogP contribution < -0.4 is 5.73 Å². The first-order chi connectivity index (χ1) is 6.81. The molecule has 0 atom stereocenters. The number of aryl methyl sites for hydroxylation is 1. The monoisotopic (exact) mass is 191 g/mol. The number of H-pyrrole nitrogens is 1. The molecule has 74 valence electrons. The van der Waals surface area contributed by atoms with Crippen LogP contribution in [0.3, 0.4) is 0 Å². The maximum absolute atomic E-state index is 5.49. The van der Waals surface area contributed by atoms with Gasteiger partial charge in [-0.15, -0.1) is 0 Å². The van der Waals surface area contributed by atoms with E-state index in [4.69, 9.17) is 10.2 Å². The van der Waals surface area contributed by atoms with Gasteiger partial charge in [0.25, 0.3) is 0 Å². The number of rotatable bonds is 3. The lowest BCUT2D eigenvalue weighted by atomic mass is 10.2. The third-order valence-electron chi connectivity index (χ3n) is 2.09. The van der Waals surface area contributed by atoms with E-state index < -0.39 is 0 Å². The molecule has 0 unspecified atom stereocenters. The molecule has 2 aromatic heterocycles. The van der Waals surface area contributed by atoms with Crippen molar-refractivity contribution in [1.29, 1.82) is 0 Å². The predicted octanol–water partition coefficient (Wildman–Crippen LogP) is 1.48. The van der Waals surface area contributed by atoms with Crippen molar-refractivity contribution in [2.75, 3.05) is 6.54 Å². The summed E-state index contributed by atoms with van der Waals surface area (Å²) < 4.78 is 5.49. The highest BCUT2D eigenvalue weighted by Crippen LogP contribution is 2.22. The minimum atomic E-state index is 0.606. The van der Waals surface area contributed by atoms with Crippen LogP contribution in [0, 0.1) is 6.92 Å². The molecule has 2 aromatic rings. The Labute approximate surface area is 82.1 Å². The zero-order chi connectivity index (χ0) is 9.97. The van der Waals surface area contributed by atoms with Crippen LogP contribution in [0.15, 0.2) is 22.9 Å². The van der Waals surface area contributed by atoms with Crippen molar-refractivity contribution >= 4 is 0 Å². The number of nitrogens with two attached hydrogens (primary N) is 1. The third-order valence-corrected chi connectivity index (χ3v) is 2.09. The molecule has 0 saturated carbocycles. The molecule has 0 amide bonds. The van der Waals surface area contributed by atoms with Gasteiger partial charge in [-0.2, -0.15) is 0 Å². The molecule has 0 aliphatic heterocycles. The second-order valence-electron chi connectivity index (χ2n) is 3.18. The van der Waals surface area contributed by atoms with Crippen molar-refractivity contribution in [3.63, 3.8) is 0 Å². The number of nitrogens with zero attached hydrogens (tertiary/aromatic N) is 1. The van der Waals surface area contributed by atoms with Gasteiger partial charge < -0.3 is 15.1 Å². The molecular weight excluding hydrogens is 178 g/mol. The van der Waals surface area contributed by atoms with Crippen LogP contribution in [0.25, 0.3) is 11.5 Å². The second-order valence-corrected chi connectivity index (χ2v) is 3.18. The van der Waals surface area contributed by atoms with Gasteiger partial charge in [-0.25, -0.2) is 4.98 Å². The highest BCUT2D eigenvalue weighted by Gasteiger charge is 2.10.